The van der Waals surface area contributed by atoms with E-state index in [1.165, 1.54) is 13.1 Å². The highest BCUT2D eigenvalue weighted by atomic mass is 32.1. The molecule has 3 rings (SSSR count). The molecule has 2 aliphatic rings. The summed E-state index contributed by atoms with van der Waals surface area (Å²) in [6.45, 7) is 0.409. The summed E-state index contributed by atoms with van der Waals surface area (Å²) in [6.07, 6.45) is 1.13. The predicted octanol–water partition coefficient (Wildman–Crippen LogP) is 3.04. The van der Waals surface area contributed by atoms with Gasteiger partial charge in [0.15, 0.2) is 10.8 Å². The number of rotatable bonds is 3. The fourth-order valence-corrected chi connectivity index (χ4v) is 3.84. The van der Waals surface area contributed by atoms with Gasteiger partial charge in [-0.3, -0.25) is 14.5 Å². The van der Waals surface area contributed by atoms with Crippen molar-refractivity contribution in [1.82, 2.24) is 15.2 Å². The summed E-state index contributed by atoms with van der Waals surface area (Å²) in [5, 5.41) is 11.5. The predicted molar refractivity (Wildman–Crippen MR) is 109 cm³/mol. The summed E-state index contributed by atoms with van der Waals surface area (Å²) < 4.78 is 40.1. The van der Waals surface area contributed by atoms with Gasteiger partial charge in [0.2, 0.25) is 11.8 Å². The van der Waals surface area contributed by atoms with E-state index in [-0.39, 0.29) is 23.1 Å². The lowest BCUT2D eigenvalue weighted by molar-refractivity contribution is -0.138. The summed E-state index contributed by atoms with van der Waals surface area (Å²) in [6, 6.07) is 2.14. The molecule has 7 nitrogen and oxygen atoms in total. The molecule has 2 heterocycles. The van der Waals surface area contributed by atoms with Crippen molar-refractivity contribution >= 4 is 34.8 Å². The highest BCUT2D eigenvalue weighted by Gasteiger charge is 2.37. The maximum Gasteiger partial charge on any atom is 0.419 e. The minimum absolute atomic E-state index is 0.0326. The summed E-state index contributed by atoms with van der Waals surface area (Å²) >= 11 is 5.49. The Labute approximate surface area is 181 Å². The van der Waals surface area contributed by atoms with Crippen LogP contribution in [0.1, 0.15) is 36.9 Å². The molecule has 0 aromatic carbocycles. The Bertz CT molecular complexity index is 1040. The fraction of sp³-hybridized carbons (Fsp3) is 0.350. The number of pyridine rings is 1. The molecule has 1 aliphatic carbocycles. The second-order valence-electron chi connectivity index (χ2n) is 6.90. The molecule has 31 heavy (non-hydrogen) atoms. The van der Waals surface area contributed by atoms with Crippen LogP contribution in [0.3, 0.4) is 0 Å². The van der Waals surface area contributed by atoms with Gasteiger partial charge >= 0.3 is 6.18 Å². The molecule has 0 unspecified atom stereocenters. The third-order valence-electron chi connectivity index (χ3n) is 4.98. The molecule has 1 saturated heterocycles. The van der Waals surface area contributed by atoms with Crippen molar-refractivity contribution in [2.45, 2.75) is 31.9 Å². The maximum absolute atomic E-state index is 13.4. The van der Waals surface area contributed by atoms with E-state index >= 15 is 0 Å². The molecule has 2 amide bonds. The average Bonchev–Trinajstić information content (AvgIpc) is 2.90. The van der Waals surface area contributed by atoms with Gasteiger partial charge in [-0.1, -0.05) is 6.08 Å². The molecule has 0 spiro atoms. The third kappa shape index (κ3) is 4.59. The van der Waals surface area contributed by atoms with Gasteiger partial charge < -0.3 is 10.2 Å². The number of hydrogen-bond acceptors (Lipinski definition) is 5. The number of carbonyl (C=O) groups excluding carboxylic acids is 2. The lowest BCUT2D eigenvalue weighted by Crippen LogP contribution is -2.44. The van der Waals surface area contributed by atoms with Crippen LogP contribution < -0.4 is 10.2 Å². The number of amides is 2. The van der Waals surface area contributed by atoms with Crippen LogP contribution >= 0.6 is 12.2 Å². The first-order valence-electron chi connectivity index (χ1n) is 9.41. The second-order valence-corrected chi connectivity index (χ2v) is 7.26. The van der Waals surface area contributed by atoms with E-state index in [1.807, 2.05) is 0 Å². The normalized spacial score (nSPS) is 17.5. The molecule has 1 fully saturated rings. The van der Waals surface area contributed by atoms with Gasteiger partial charge in [0.05, 0.1) is 17.4 Å². The van der Waals surface area contributed by atoms with Crippen molar-refractivity contribution in [2.75, 3.05) is 18.5 Å². The van der Waals surface area contributed by atoms with E-state index in [0.717, 1.165) is 22.9 Å². The number of allylic oxidation sites excluding steroid dienone is 3. The Balaban J connectivity index is 1.98. The number of alkyl halides is 3. The molecule has 0 bridgehead atoms. The number of hydrogen-bond donors (Lipinski definition) is 1. The quantitative estimate of drug-likeness (QED) is 0.714. The number of nitrogens with one attached hydrogen (secondary N) is 1. The van der Waals surface area contributed by atoms with Crippen LogP contribution in [0.15, 0.2) is 35.7 Å². The van der Waals surface area contributed by atoms with Crippen LogP contribution in [0, 0.1) is 11.3 Å². The summed E-state index contributed by atoms with van der Waals surface area (Å²) in [5.74, 6) is -0.640. The van der Waals surface area contributed by atoms with Crippen LogP contribution in [0.5, 0.6) is 0 Å². The Morgan fingerprint density at radius 3 is 2.61 bits per heavy atom. The third-order valence-corrected chi connectivity index (χ3v) is 5.38. The largest absolute Gasteiger partial charge is 0.419 e. The lowest BCUT2D eigenvalue weighted by Gasteiger charge is -2.32. The van der Waals surface area contributed by atoms with Crippen molar-refractivity contribution < 1.29 is 22.8 Å². The monoisotopic (exact) mass is 449 g/mol. The van der Waals surface area contributed by atoms with Gasteiger partial charge in [-0.2, -0.15) is 18.4 Å². The molecule has 1 aromatic rings. The molecule has 1 N–H and O–H groups in total. The number of halogens is 3. The fourth-order valence-electron chi connectivity index (χ4n) is 3.43. The standard InChI is InChI=1S/C20H18F3N5O2S/c1-25-18(30)12-4-6-13(7-5-12)27-8-2-3-17(29)28(19(27)31)14-9-15(20(21,22)23)16(10-24)26-11-14/h4,6,9,11H,2-3,5,7-8H2,1H3,(H,25,30). The zero-order valence-corrected chi connectivity index (χ0v) is 17.3. The van der Waals surface area contributed by atoms with Gasteiger partial charge in [0.25, 0.3) is 0 Å². The molecule has 1 aromatic heterocycles. The highest BCUT2D eigenvalue weighted by Crippen LogP contribution is 2.35. The van der Waals surface area contributed by atoms with Crippen molar-refractivity contribution in [3.05, 3.63) is 46.9 Å². The van der Waals surface area contributed by atoms with Crippen molar-refractivity contribution in [1.29, 1.82) is 5.26 Å². The number of aromatic nitrogens is 1. The highest BCUT2D eigenvalue weighted by molar-refractivity contribution is 7.80. The van der Waals surface area contributed by atoms with Crippen LogP contribution in [-0.2, 0) is 15.8 Å². The number of nitriles is 1. The summed E-state index contributed by atoms with van der Waals surface area (Å²) in [7, 11) is 1.54. The first-order chi connectivity index (χ1) is 14.7. The van der Waals surface area contributed by atoms with E-state index in [1.54, 1.807) is 17.1 Å². The number of anilines is 1. The van der Waals surface area contributed by atoms with Crippen LogP contribution in [0.25, 0.3) is 0 Å². The lowest BCUT2D eigenvalue weighted by atomic mass is 10.0. The Morgan fingerprint density at radius 2 is 2.03 bits per heavy atom. The molecule has 0 atom stereocenters. The first kappa shape index (κ1) is 22.4. The number of carbonyl (C=O) groups is 2. The summed E-state index contributed by atoms with van der Waals surface area (Å²) in [4.78, 5) is 30.8. The maximum atomic E-state index is 13.4. The van der Waals surface area contributed by atoms with E-state index in [0.29, 0.717) is 31.4 Å². The van der Waals surface area contributed by atoms with Gasteiger partial charge in [-0.05, 0) is 43.6 Å². The van der Waals surface area contributed by atoms with E-state index in [2.05, 4.69) is 10.3 Å². The van der Waals surface area contributed by atoms with Gasteiger partial charge in [0, 0.05) is 31.3 Å². The van der Waals surface area contributed by atoms with Crippen LogP contribution in [0.4, 0.5) is 18.9 Å². The van der Waals surface area contributed by atoms with Crippen LogP contribution in [0.2, 0.25) is 0 Å². The minimum atomic E-state index is -4.81. The average molecular weight is 449 g/mol. The Morgan fingerprint density at radius 1 is 1.29 bits per heavy atom. The van der Waals surface area contributed by atoms with E-state index in [9.17, 15) is 22.8 Å². The van der Waals surface area contributed by atoms with Crippen molar-refractivity contribution in [3.8, 4) is 6.07 Å². The van der Waals surface area contributed by atoms with Gasteiger partial charge in [-0.25, -0.2) is 4.98 Å². The molecule has 1 aliphatic heterocycles. The molecule has 0 saturated carbocycles. The topological polar surface area (TPSA) is 89.3 Å². The van der Waals surface area contributed by atoms with E-state index < -0.39 is 23.3 Å². The summed E-state index contributed by atoms with van der Waals surface area (Å²) in [5.41, 5.74) is -0.788. The molecule has 0 radical (unpaired) electrons. The smallest absolute Gasteiger partial charge is 0.355 e. The molecule has 11 heteroatoms. The van der Waals surface area contributed by atoms with Crippen molar-refractivity contribution in [2.24, 2.45) is 0 Å². The minimum Gasteiger partial charge on any atom is -0.355 e. The molecular formula is C20H18F3N5O2S. The first-order valence-corrected chi connectivity index (χ1v) is 9.81. The zero-order chi connectivity index (χ0) is 22.8. The number of thiocarbonyl (C=S) groups is 1. The zero-order valence-electron chi connectivity index (χ0n) is 16.5. The Hall–Kier alpha value is -3.26. The Kier molecular flexibility index (Phi) is 6.40. The molecule has 162 valence electrons. The van der Waals surface area contributed by atoms with E-state index in [4.69, 9.17) is 17.5 Å². The van der Waals surface area contributed by atoms with Gasteiger partial charge in [-0.15, -0.1) is 0 Å². The number of nitrogens with zero attached hydrogens (tertiary/aromatic N) is 4. The number of likely N-dealkylation sites (N-methyl/N-ethyl adjacent to an activating group) is 1. The SMILES string of the molecule is CNC(=O)C1=CC=C(N2CCCC(=O)N(c3cnc(C#N)c(C(F)(F)F)c3)C2=S)CC1. The van der Waals surface area contributed by atoms with Crippen LogP contribution in [-0.4, -0.2) is 40.4 Å². The second kappa shape index (κ2) is 8.85. The van der Waals surface area contributed by atoms with Crippen molar-refractivity contribution in [3.63, 3.8) is 0 Å². The molecular weight excluding hydrogens is 431 g/mol. The van der Waals surface area contributed by atoms with Gasteiger partial charge in [0.1, 0.15) is 6.07 Å².